The molecule has 3 aromatic carbocycles. The van der Waals surface area contributed by atoms with Gasteiger partial charge < -0.3 is 9.47 Å². The average Bonchev–Trinajstić information content (AvgIpc) is 2.83. The minimum absolute atomic E-state index is 0.0373. The largest absolute Gasteiger partial charge is 0.457 e. The monoisotopic (exact) mass is 493 g/mol. The summed E-state index contributed by atoms with van der Waals surface area (Å²) < 4.78 is 14.5. The predicted octanol–water partition coefficient (Wildman–Crippen LogP) is 7.07. The predicted molar refractivity (Wildman–Crippen MR) is 140 cm³/mol. The Kier molecular flexibility index (Phi) is 9.47. The van der Waals surface area contributed by atoms with Crippen LogP contribution in [-0.2, 0) is 9.53 Å². The van der Waals surface area contributed by atoms with Gasteiger partial charge in [-0.1, -0.05) is 87.4 Å². The number of para-hydroxylation sites is 1. The highest BCUT2D eigenvalue weighted by Gasteiger charge is 2.31. The summed E-state index contributed by atoms with van der Waals surface area (Å²) in [4.78, 5) is 13.2. The average molecular weight is 494 g/mol. The van der Waals surface area contributed by atoms with Crippen molar-refractivity contribution in [3.05, 3.63) is 95.0 Å². The van der Waals surface area contributed by atoms with Crippen LogP contribution < -0.4 is 9.46 Å². The molecule has 0 radical (unpaired) electrons. The zero-order valence-electron chi connectivity index (χ0n) is 19.4. The number of nitrogens with one attached hydrogen (secondary N) is 1. The smallest absolute Gasteiger partial charge is 0.312 e. The Bertz CT molecular complexity index is 1140. The fraction of sp³-hybridized carbons (Fsp3) is 0.250. The molecule has 0 aliphatic heterocycles. The Morgan fingerprint density at radius 3 is 2.26 bits per heavy atom. The van der Waals surface area contributed by atoms with E-state index >= 15 is 0 Å². The molecule has 0 heterocycles. The third-order valence-corrected chi connectivity index (χ3v) is 5.79. The van der Waals surface area contributed by atoms with Crippen LogP contribution in [0.3, 0.4) is 0 Å². The standard InChI is InChI=1S/C28H28ClNO3S/c1-19(2)26(20(3)12-13-21-14-16-23(29)17-15-21)28(31)33-27(30-34)22-8-7-11-25(18-22)32-24-9-5-4-6-10-24/h4-11,14-20,26-27,30,34H,1-3H3. The van der Waals surface area contributed by atoms with E-state index in [1.807, 2.05) is 87.5 Å². The molecule has 0 aliphatic carbocycles. The minimum Gasteiger partial charge on any atom is -0.457 e. The number of esters is 1. The molecule has 34 heavy (non-hydrogen) atoms. The molecule has 0 saturated heterocycles. The van der Waals surface area contributed by atoms with Crippen LogP contribution in [0.1, 0.15) is 38.1 Å². The van der Waals surface area contributed by atoms with Gasteiger partial charge in [0.25, 0.3) is 0 Å². The maximum atomic E-state index is 13.2. The summed E-state index contributed by atoms with van der Waals surface area (Å²) in [6.45, 7) is 5.92. The van der Waals surface area contributed by atoms with Gasteiger partial charge in [0.1, 0.15) is 11.5 Å². The fourth-order valence-electron chi connectivity index (χ4n) is 3.60. The third-order valence-electron chi connectivity index (χ3n) is 5.31. The van der Waals surface area contributed by atoms with Crippen molar-refractivity contribution in [2.24, 2.45) is 17.8 Å². The van der Waals surface area contributed by atoms with Crippen LogP contribution in [0.2, 0.25) is 5.02 Å². The Morgan fingerprint density at radius 2 is 1.62 bits per heavy atom. The molecule has 0 saturated carbocycles. The molecule has 0 bridgehead atoms. The minimum atomic E-state index is -0.743. The maximum absolute atomic E-state index is 13.2. The SMILES string of the molecule is CC(C)C(C(=O)OC(NS)c1cccc(Oc2ccccc2)c1)C(C)C#Cc1ccc(Cl)cc1. The van der Waals surface area contributed by atoms with E-state index in [1.165, 1.54) is 0 Å². The van der Waals surface area contributed by atoms with E-state index in [0.29, 0.717) is 10.8 Å². The van der Waals surface area contributed by atoms with E-state index < -0.39 is 12.1 Å². The van der Waals surface area contributed by atoms with Crippen LogP contribution in [0.4, 0.5) is 0 Å². The zero-order valence-corrected chi connectivity index (χ0v) is 21.0. The summed E-state index contributed by atoms with van der Waals surface area (Å²) in [5.74, 6) is 6.76. The number of hydrogen-bond donors (Lipinski definition) is 2. The number of rotatable bonds is 8. The van der Waals surface area contributed by atoms with Crippen LogP contribution in [0.5, 0.6) is 11.5 Å². The van der Waals surface area contributed by atoms with Gasteiger partial charge in [-0.25, -0.2) is 4.72 Å². The van der Waals surface area contributed by atoms with Crippen molar-refractivity contribution < 1.29 is 14.3 Å². The van der Waals surface area contributed by atoms with Gasteiger partial charge in [0.15, 0.2) is 6.23 Å². The number of ether oxygens (including phenoxy) is 2. The normalized spacial score (nSPS) is 13.4. The van der Waals surface area contributed by atoms with Crippen LogP contribution in [0, 0.1) is 29.6 Å². The second-order valence-corrected chi connectivity index (χ2v) is 8.96. The van der Waals surface area contributed by atoms with Crippen LogP contribution in [0.25, 0.3) is 0 Å². The van der Waals surface area contributed by atoms with Gasteiger partial charge in [-0.2, -0.15) is 0 Å². The number of halogens is 1. The van der Waals surface area contributed by atoms with Gasteiger partial charge in [-0.3, -0.25) is 4.79 Å². The lowest BCUT2D eigenvalue weighted by molar-refractivity contribution is -0.158. The molecule has 1 N–H and O–H groups in total. The molecule has 0 amide bonds. The molecule has 4 nitrogen and oxygen atoms in total. The van der Waals surface area contributed by atoms with Crippen LogP contribution >= 0.6 is 24.4 Å². The van der Waals surface area contributed by atoms with Crippen molar-refractivity contribution in [1.29, 1.82) is 0 Å². The van der Waals surface area contributed by atoms with Crippen LogP contribution in [0.15, 0.2) is 78.9 Å². The molecule has 3 atom stereocenters. The molecule has 0 aliphatic rings. The molecule has 0 fully saturated rings. The number of carbonyl (C=O) groups is 1. The molecule has 0 aromatic heterocycles. The molecule has 3 rings (SSSR count). The second-order valence-electron chi connectivity index (χ2n) is 8.27. The molecule has 0 spiro atoms. The molecule has 3 aromatic rings. The van der Waals surface area contributed by atoms with Crippen molar-refractivity contribution in [3.8, 4) is 23.3 Å². The second kappa shape index (κ2) is 12.5. The first-order valence-corrected chi connectivity index (χ1v) is 11.9. The molecule has 6 heteroatoms. The van der Waals surface area contributed by atoms with Crippen LogP contribution in [-0.4, -0.2) is 5.97 Å². The summed E-state index contributed by atoms with van der Waals surface area (Å²) in [7, 11) is 0. The van der Waals surface area contributed by atoms with Gasteiger partial charge in [0.05, 0.1) is 5.92 Å². The number of benzene rings is 3. The summed E-state index contributed by atoms with van der Waals surface area (Å²) in [6, 6.07) is 24.2. The lowest BCUT2D eigenvalue weighted by atomic mass is 9.84. The molecular formula is C28H28ClNO3S. The van der Waals surface area contributed by atoms with Gasteiger partial charge in [-0.15, -0.1) is 0 Å². The molecule has 3 unspecified atom stereocenters. The van der Waals surface area contributed by atoms with Gasteiger partial charge in [0, 0.05) is 22.1 Å². The summed E-state index contributed by atoms with van der Waals surface area (Å²) in [5, 5.41) is 0.658. The third kappa shape index (κ3) is 7.30. The van der Waals surface area contributed by atoms with E-state index in [0.717, 1.165) is 16.9 Å². The van der Waals surface area contributed by atoms with Crippen molar-refractivity contribution in [2.45, 2.75) is 27.0 Å². The van der Waals surface area contributed by atoms with E-state index in [-0.39, 0.29) is 17.8 Å². The van der Waals surface area contributed by atoms with E-state index in [4.69, 9.17) is 21.1 Å². The van der Waals surface area contributed by atoms with E-state index in [2.05, 4.69) is 29.4 Å². The Balaban J connectivity index is 1.73. The lowest BCUT2D eigenvalue weighted by Gasteiger charge is -2.25. The van der Waals surface area contributed by atoms with Crippen molar-refractivity contribution in [2.75, 3.05) is 0 Å². The van der Waals surface area contributed by atoms with Crippen molar-refractivity contribution >= 4 is 30.4 Å². The summed E-state index contributed by atoms with van der Waals surface area (Å²) in [5.41, 5.74) is 1.57. The van der Waals surface area contributed by atoms with Gasteiger partial charge in [-0.05, 0) is 54.4 Å². The number of thiol groups is 1. The first-order chi connectivity index (χ1) is 16.4. The van der Waals surface area contributed by atoms with E-state index in [9.17, 15) is 4.79 Å². The number of carbonyl (C=O) groups excluding carboxylic acids is 1. The molecule has 176 valence electrons. The number of hydrogen-bond acceptors (Lipinski definition) is 5. The first-order valence-electron chi connectivity index (χ1n) is 11.1. The van der Waals surface area contributed by atoms with E-state index in [1.54, 1.807) is 12.1 Å². The Morgan fingerprint density at radius 1 is 0.941 bits per heavy atom. The zero-order chi connectivity index (χ0) is 24.5. The summed E-state index contributed by atoms with van der Waals surface area (Å²) >= 11 is 10.1. The topological polar surface area (TPSA) is 47.6 Å². The molecular weight excluding hydrogens is 466 g/mol. The Labute approximate surface area is 212 Å². The van der Waals surface area contributed by atoms with Gasteiger partial charge in [0.2, 0.25) is 0 Å². The Hall–Kier alpha value is -2.91. The first kappa shape index (κ1) is 25.7. The highest BCUT2D eigenvalue weighted by Crippen LogP contribution is 2.28. The fourth-order valence-corrected chi connectivity index (χ4v) is 3.93. The summed E-state index contributed by atoms with van der Waals surface area (Å²) in [6.07, 6.45) is -0.743. The van der Waals surface area contributed by atoms with Crippen molar-refractivity contribution in [1.82, 2.24) is 4.72 Å². The quantitative estimate of drug-likeness (QED) is 0.152. The maximum Gasteiger partial charge on any atom is 0.312 e. The van der Waals surface area contributed by atoms with Gasteiger partial charge >= 0.3 is 5.97 Å². The highest BCUT2D eigenvalue weighted by molar-refractivity contribution is 7.78. The lowest BCUT2D eigenvalue weighted by Crippen LogP contribution is -2.31. The highest BCUT2D eigenvalue weighted by atomic mass is 35.5. The van der Waals surface area contributed by atoms with Crippen molar-refractivity contribution in [3.63, 3.8) is 0 Å².